The van der Waals surface area contributed by atoms with Gasteiger partial charge in [-0.3, -0.25) is 10.1 Å². The van der Waals surface area contributed by atoms with Crippen LogP contribution in [0.2, 0.25) is 0 Å². The van der Waals surface area contributed by atoms with Gasteiger partial charge in [0, 0.05) is 11.6 Å². The van der Waals surface area contributed by atoms with Gasteiger partial charge < -0.3 is 15.8 Å². The average molecular weight is 263 g/mol. The number of hydrogen-bond acceptors (Lipinski definition) is 4. The number of amides is 1. The molecule has 0 bridgehead atoms. The molecule has 2 unspecified atom stereocenters. The average Bonchev–Trinajstić information content (AvgIpc) is 2.39. The smallest absolute Gasteiger partial charge is 0.226 e. The van der Waals surface area contributed by atoms with Crippen LogP contribution in [0.4, 0.5) is 5.69 Å². The second-order valence-corrected chi connectivity index (χ2v) is 5.09. The maximum absolute atomic E-state index is 11.8. The van der Waals surface area contributed by atoms with E-state index in [-0.39, 0.29) is 24.0 Å². The maximum Gasteiger partial charge on any atom is 0.226 e. The number of ether oxygens (including phenoxy) is 1. The molecule has 1 aliphatic heterocycles. The molecule has 2 atom stereocenters. The van der Waals surface area contributed by atoms with Crippen LogP contribution in [0.5, 0.6) is 0 Å². The molecule has 5 nitrogen and oxygen atoms in total. The zero-order valence-electron chi connectivity index (χ0n) is 11.3. The molecule has 0 saturated carbocycles. The maximum atomic E-state index is 11.8. The van der Waals surface area contributed by atoms with E-state index in [1.807, 2.05) is 38.1 Å². The standard InChI is InChI=1S/C14H21N3O2/c1-9(2)14(18)17-11-6-4-3-5-10(11)12-7-19-8-13(15)16-12/h3-6,9,12-13,16H,7-8,15H2,1-2H3,(H,17,18). The molecule has 1 aromatic rings. The van der Waals surface area contributed by atoms with Crippen LogP contribution in [0.15, 0.2) is 24.3 Å². The van der Waals surface area contributed by atoms with E-state index in [0.29, 0.717) is 13.2 Å². The van der Waals surface area contributed by atoms with E-state index in [1.54, 1.807) is 0 Å². The number of para-hydroxylation sites is 1. The van der Waals surface area contributed by atoms with Crippen molar-refractivity contribution in [2.24, 2.45) is 11.7 Å². The Morgan fingerprint density at radius 1 is 1.42 bits per heavy atom. The number of nitrogens with two attached hydrogens (primary N) is 1. The third-order valence-corrected chi connectivity index (χ3v) is 3.12. The Bertz CT molecular complexity index is 448. The number of hydrogen-bond donors (Lipinski definition) is 3. The highest BCUT2D eigenvalue weighted by Crippen LogP contribution is 2.25. The number of rotatable bonds is 3. The van der Waals surface area contributed by atoms with Gasteiger partial charge in [-0.05, 0) is 11.6 Å². The van der Waals surface area contributed by atoms with Crippen molar-refractivity contribution in [1.29, 1.82) is 0 Å². The normalized spacial score (nSPS) is 23.4. The van der Waals surface area contributed by atoms with Crippen LogP contribution < -0.4 is 16.4 Å². The Labute approximate surface area is 113 Å². The van der Waals surface area contributed by atoms with Gasteiger partial charge in [-0.1, -0.05) is 32.0 Å². The molecule has 5 heteroatoms. The minimum Gasteiger partial charge on any atom is -0.376 e. The van der Waals surface area contributed by atoms with Crippen molar-refractivity contribution in [1.82, 2.24) is 5.32 Å². The van der Waals surface area contributed by atoms with Gasteiger partial charge in [0.15, 0.2) is 0 Å². The molecule has 104 valence electrons. The Morgan fingerprint density at radius 2 is 2.16 bits per heavy atom. The second kappa shape index (κ2) is 6.14. The van der Waals surface area contributed by atoms with Crippen molar-refractivity contribution in [2.75, 3.05) is 18.5 Å². The van der Waals surface area contributed by atoms with Crippen molar-refractivity contribution in [3.63, 3.8) is 0 Å². The highest BCUT2D eigenvalue weighted by atomic mass is 16.5. The van der Waals surface area contributed by atoms with Crippen LogP contribution in [0.25, 0.3) is 0 Å². The van der Waals surface area contributed by atoms with Gasteiger partial charge in [-0.25, -0.2) is 0 Å². The third-order valence-electron chi connectivity index (χ3n) is 3.12. The number of carbonyl (C=O) groups is 1. The Hall–Kier alpha value is -1.43. The van der Waals surface area contributed by atoms with E-state index in [0.717, 1.165) is 11.3 Å². The number of nitrogens with one attached hydrogen (secondary N) is 2. The Kier molecular flexibility index (Phi) is 4.52. The van der Waals surface area contributed by atoms with Gasteiger partial charge in [-0.2, -0.15) is 0 Å². The van der Waals surface area contributed by atoms with Crippen LogP contribution in [0.1, 0.15) is 25.5 Å². The highest BCUT2D eigenvalue weighted by molar-refractivity contribution is 5.92. The topological polar surface area (TPSA) is 76.4 Å². The zero-order valence-corrected chi connectivity index (χ0v) is 11.3. The van der Waals surface area contributed by atoms with Gasteiger partial charge >= 0.3 is 0 Å². The van der Waals surface area contributed by atoms with E-state index >= 15 is 0 Å². The number of morpholine rings is 1. The van der Waals surface area contributed by atoms with Crippen LogP contribution >= 0.6 is 0 Å². The van der Waals surface area contributed by atoms with Crippen molar-refractivity contribution >= 4 is 11.6 Å². The van der Waals surface area contributed by atoms with Crippen molar-refractivity contribution in [3.05, 3.63) is 29.8 Å². The second-order valence-electron chi connectivity index (χ2n) is 5.09. The zero-order chi connectivity index (χ0) is 13.8. The molecule has 1 amide bonds. The largest absolute Gasteiger partial charge is 0.376 e. The van der Waals surface area contributed by atoms with E-state index in [2.05, 4.69) is 10.6 Å². The first kappa shape index (κ1) is 14.0. The minimum atomic E-state index is -0.174. The van der Waals surface area contributed by atoms with Gasteiger partial charge in [-0.15, -0.1) is 0 Å². The molecule has 1 heterocycles. The van der Waals surface area contributed by atoms with Gasteiger partial charge in [0.05, 0.1) is 25.4 Å². The SMILES string of the molecule is CC(C)C(=O)Nc1ccccc1C1COCC(N)N1. The first-order valence-corrected chi connectivity index (χ1v) is 6.57. The molecule has 2 rings (SSSR count). The molecule has 0 aromatic heterocycles. The summed E-state index contributed by atoms with van der Waals surface area (Å²) in [5.74, 6) is -0.0423. The third kappa shape index (κ3) is 3.53. The van der Waals surface area contributed by atoms with Gasteiger partial charge in [0.1, 0.15) is 0 Å². The van der Waals surface area contributed by atoms with Crippen LogP contribution in [0.3, 0.4) is 0 Å². The Balaban J connectivity index is 2.18. The highest BCUT2D eigenvalue weighted by Gasteiger charge is 2.23. The number of benzene rings is 1. The predicted molar refractivity (Wildman–Crippen MR) is 74.6 cm³/mol. The Morgan fingerprint density at radius 3 is 2.84 bits per heavy atom. The fourth-order valence-corrected chi connectivity index (χ4v) is 2.04. The first-order chi connectivity index (χ1) is 9.08. The van der Waals surface area contributed by atoms with Crippen LogP contribution in [-0.2, 0) is 9.53 Å². The predicted octanol–water partition coefficient (Wildman–Crippen LogP) is 1.23. The summed E-state index contributed by atoms with van der Waals surface area (Å²) in [6, 6.07) is 7.74. The summed E-state index contributed by atoms with van der Waals surface area (Å²) < 4.78 is 5.46. The van der Waals surface area contributed by atoms with E-state index in [4.69, 9.17) is 10.5 Å². The molecule has 0 radical (unpaired) electrons. The van der Waals surface area contributed by atoms with Crippen LogP contribution in [-0.4, -0.2) is 25.3 Å². The quantitative estimate of drug-likeness (QED) is 0.766. The fourth-order valence-electron chi connectivity index (χ4n) is 2.04. The molecule has 4 N–H and O–H groups in total. The van der Waals surface area contributed by atoms with Crippen molar-refractivity contribution < 1.29 is 9.53 Å². The van der Waals surface area contributed by atoms with E-state index < -0.39 is 0 Å². The van der Waals surface area contributed by atoms with Crippen molar-refractivity contribution in [3.8, 4) is 0 Å². The lowest BCUT2D eigenvalue weighted by molar-refractivity contribution is -0.118. The summed E-state index contributed by atoms with van der Waals surface area (Å²) >= 11 is 0. The molecule has 1 aromatic carbocycles. The summed E-state index contributed by atoms with van der Waals surface area (Å²) in [7, 11) is 0. The van der Waals surface area contributed by atoms with E-state index in [1.165, 1.54) is 0 Å². The van der Waals surface area contributed by atoms with Gasteiger partial charge in [0.2, 0.25) is 5.91 Å². The summed E-state index contributed by atoms with van der Waals surface area (Å²) in [6.45, 7) is 4.81. The summed E-state index contributed by atoms with van der Waals surface area (Å²) in [4.78, 5) is 11.8. The number of carbonyl (C=O) groups excluding carboxylic acids is 1. The van der Waals surface area contributed by atoms with Crippen LogP contribution in [0, 0.1) is 5.92 Å². The summed E-state index contributed by atoms with van der Waals surface area (Å²) in [5.41, 5.74) is 7.66. The number of anilines is 1. The summed E-state index contributed by atoms with van der Waals surface area (Å²) in [5, 5.41) is 6.22. The first-order valence-electron chi connectivity index (χ1n) is 6.57. The molecule has 1 aliphatic rings. The van der Waals surface area contributed by atoms with E-state index in [9.17, 15) is 4.79 Å². The molecule has 1 fully saturated rings. The molecule has 0 spiro atoms. The van der Waals surface area contributed by atoms with Crippen molar-refractivity contribution in [2.45, 2.75) is 26.1 Å². The lowest BCUT2D eigenvalue weighted by atomic mass is 10.0. The monoisotopic (exact) mass is 263 g/mol. The fraction of sp³-hybridized carbons (Fsp3) is 0.500. The summed E-state index contributed by atoms with van der Waals surface area (Å²) in [6.07, 6.45) is -0.174. The lowest BCUT2D eigenvalue weighted by Crippen LogP contribution is -2.49. The molecular weight excluding hydrogens is 242 g/mol. The molecule has 1 saturated heterocycles. The van der Waals surface area contributed by atoms with Gasteiger partial charge in [0.25, 0.3) is 0 Å². The molecule has 0 aliphatic carbocycles. The molecular formula is C14H21N3O2. The molecule has 19 heavy (non-hydrogen) atoms. The lowest BCUT2D eigenvalue weighted by Gasteiger charge is -2.30. The minimum absolute atomic E-state index is 0.00686.